The molecular formula is C13H24O3S. The van der Waals surface area contributed by atoms with Gasteiger partial charge >= 0.3 is 5.97 Å². The molecule has 1 saturated carbocycles. The maximum absolute atomic E-state index is 12.0. The normalized spacial score (nSPS) is 26.6. The van der Waals surface area contributed by atoms with Crippen LogP contribution in [-0.2, 0) is 15.6 Å². The van der Waals surface area contributed by atoms with E-state index in [1.54, 1.807) is 0 Å². The summed E-state index contributed by atoms with van der Waals surface area (Å²) >= 11 is 0. The van der Waals surface area contributed by atoms with Crippen molar-refractivity contribution in [2.75, 3.05) is 5.75 Å². The van der Waals surface area contributed by atoms with Crippen LogP contribution >= 0.6 is 0 Å². The highest BCUT2D eigenvalue weighted by Crippen LogP contribution is 2.27. The summed E-state index contributed by atoms with van der Waals surface area (Å²) in [7, 11) is -0.689. The first-order valence-electron chi connectivity index (χ1n) is 6.68. The second-order valence-corrected chi connectivity index (χ2v) is 7.02. The third-order valence-electron chi connectivity index (χ3n) is 3.50. The lowest BCUT2D eigenvalue weighted by Crippen LogP contribution is -2.24. The average molecular weight is 260 g/mol. The molecule has 3 unspecified atom stereocenters. The third kappa shape index (κ3) is 6.20. The molecule has 17 heavy (non-hydrogen) atoms. The molecule has 1 rings (SSSR count). The molecule has 0 spiro atoms. The second kappa shape index (κ2) is 7.85. The topological polar surface area (TPSA) is 54.4 Å². The molecule has 0 radical (unpaired) electrons. The number of carbonyl (C=O) groups is 1. The van der Waals surface area contributed by atoms with Crippen LogP contribution in [0.5, 0.6) is 0 Å². The minimum absolute atomic E-state index is 0.243. The highest BCUT2D eigenvalue weighted by molar-refractivity contribution is 7.85. The molecule has 3 nitrogen and oxygen atoms in total. The summed E-state index contributed by atoms with van der Waals surface area (Å²) in [5.41, 5.74) is 0. The van der Waals surface area contributed by atoms with Crippen molar-refractivity contribution in [2.24, 2.45) is 5.92 Å². The number of unbranched alkanes of at least 4 members (excludes halogenated alkanes) is 2. The van der Waals surface area contributed by atoms with E-state index in [2.05, 4.69) is 6.92 Å². The van der Waals surface area contributed by atoms with Gasteiger partial charge in [-0.15, -0.1) is 0 Å². The van der Waals surface area contributed by atoms with Crippen molar-refractivity contribution in [3.8, 4) is 0 Å². The molecule has 0 aromatic carbocycles. The summed E-state index contributed by atoms with van der Waals surface area (Å²) in [6.07, 6.45) is 7.49. The Morgan fingerprint density at radius 1 is 1.29 bits per heavy atom. The molecule has 4 heteroatoms. The summed E-state index contributed by atoms with van der Waals surface area (Å²) < 4.78 is 12.0. The zero-order valence-corrected chi connectivity index (χ0v) is 11.5. The van der Waals surface area contributed by atoms with Crippen LogP contribution in [-0.4, -0.2) is 26.3 Å². The van der Waals surface area contributed by atoms with E-state index in [-0.39, 0.29) is 6.42 Å². The zero-order chi connectivity index (χ0) is 12.7. The third-order valence-corrected chi connectivity index (χ3v) is 5.36. The quantitative estimate of drug-likeness (QED) is 0.716. The minimum atomic E-state index is -0.729. The minimum Gasteiger partial charge on any atom is -0.481 e. The Kier molecular flexibility index (Phi) is 6.78. The number of aliphatic carboxylic acids is 1. The summed E-state index contributed by atoms with van der Waals surface area (Å²) in [6, 6.07) is 0. The number of rotatable bonds is 7. The lowest BCUT2D eigenvalue weighted by molar-refractivity contribution is -0.137. The highest BCUT2D eigenvalue weighted by Gasteiger charge is 2.23. The van der Waals surface area contributed by atoms with Crippen molar-refractivity contribution in [3.05, 3.63) is 0 Å². The van der Waals surface area contributed by atoms with Crippen LogP contribution in [0.4, 0.5) is 0 Å². The summed E-state index contributed by atoms with van der Waals surface area (Å²) in [4.78, 5) is 10.3. The monoisotopic (exact) mass is 260 g/mol. The van der Waals surface area contributed by atoms with Gasteiger partial charge < -0.3 is 5.11 Å². The first-order chi connectivity index (χ1) is 8.09. The summed E-state index contributed by atoms with van der Waals surface area (Å²) in [6.45, 7) is 2.25. The highest BCUT2D eigenvalue weighted by atomic mass is 32.2. The second-order valence-electron chi connectivity index (χ2n) is 5.18. The van der Waals surface area contributed by atoms with E-state index >= 15 is 0 Å². The first kappa shape index (κ1) is 14.7. The Morgan fingerprint density at radius 3 is 2.71 bits per heavy atom. The standard InChI is InChI=1S/C13H24O3S/c1-11-6-5-7-12(10-11)17(16)9-4-2-3-8-13(14)15/h11-12H,2-10H2,1H3,(H,14,15). The molecule has 1 N–H and O–H groups in total. The van der Waals surface area contributed by atoms with E-state index in [4.69, 9.17) is 5.11 Å². The Labute approximate surface area is 106 Å². The largest absolute Gasteiger partial charge is 0.481 e. The van der Waals surface area contributed by atoms with Crippen LogP contribution in [0.3, 0.4) is 0 Å². The first-order valence-corrected chi connectivity index (χ1v) is 8.06. The van der Waals surface area contributed by atoms with Gasteiger partial charge in [0.25, 0.3) is 0 Å². The smallest absolute Gasteiger partial charge is 0.303 e. The van der Waals surface area contributed by atoms with Crippen LogP contribution in [0.25, 0.3) is 0 Å². The van der Waals surface area contributed by atoms with Crippen LogP contribution in [0.15, 0.2) is 0 Å². The molecule has 0 aromatic rings. The SMILES string of the molecule is CC1CCCC(S(=O)CCCCCC(=O)O)C1. The summed E-state index contributed by atoms with van der Waals surface area (Å²) in [5.74, 6) is 0.758. The van der Waals surface area contributed by atoms with Gasteiger partial charge in [-0.25, -0.2) is 0 Å². The number of hydrogen-bond donors (Lipinski definition) is 1. The van der Waals surface area contributed by atoms with Crippen molar-refractivity contribution in [1.82, 2.24) is 0 Å². The van der Waals surface area contributed by atoms with Crippen molar-refractivity contribution >= 4 is 16.8 Å². The van der Waals surface area contributed by atoms with E-state index in [1.165, 1.54) is 12.8 Å². The van der Waals surface area contributed by atoms with E-state index in [0.29, 0.717) is 11.7 Å². The van der Waals surface area contributed by atoms with Crippen LogP contribution in [0, 0.1) is 5.92 Å². The molecule has 0 amide bonds. The van der Waals surface area contributed by atoms with Gasteiger partial charge in [-0.1, -0.05) is 26.2 Å². The van der Waals surface area contributed by atoms with Crippen molar-refractivity contribution in [2.45, 2.75) is 63.5 Å². The van der Waals surface area contributed by atoms with E-state index in [9.17, 15) is 9.00 Å². The van der Waals surface area contributed by atoms with Gasteiger partial charge in [-0.05, 0) is 31.6 Å². The van der Waals surface area contributed by atoms with Gasteiger partial charge in [0.2, 0.25) is 0 Å². The molecule has 1 fully saturated rings. The molecule has 100 valence electrons. The molecule has 1 aliphatic carbocycles. The molecule has 1 aliphatic rings. The zero-order valence-electron chi connectivity index (χ0n) is 10.7. The molecular weight excluding hydrogens is 236 g/mol. The van der Waals surface area contributed by atoms with E-state index in [0.717, 1.165) is 37.4 Å². The van der Waals surface area contributed by atoms with Crippen LogP contribution in [0.2, 0.25) is 0 Å². The molecule has 0 aliphatic heterocycles. The van der Waals surface area contributed by atoms with Crippen molar-refractivity contribution in [1.29, 1.82) is 0 Å². The van der Waals surface area contributed by atoms with Gasteiger partial charge in [0.1, 0.15) is 0 Å². The van der Waals surface area contributed by atoms with Crippen LogP contribution in [0.1, 0.15) is 58.3 Å². The lowest BCUT2D eigenvalue weighted by atomic mass is 9.91. The maximum Gasteiger partial charge on any atom is 0.303 e. The number of carboxylic acid groups (broad SMARTS) is 1. The molecule has 0 aromatic heterocycles. The Hall–Kier alpha value is -0.380. The van der Waals surface area contributed by atoms with Gasteiger partial charge in [0.15, 0.2) is 0 Å². The fourth-order valence-electron chi connectivity index (χ4n) is 2.48. The van der Waals surface area contributed by atoms with Gasteiger partial charge in [0.05, 0.1) is 0 Å². The lowest BCUT2D eigenvalue weighted by Gasteiger charge is -2.25. The fourth-order valence-corrected chi connectivity index (χ4v) is 4.28. The predicted octanol–water partition coefficient (Wildman–Crippen LogP) is 2.96. The molecule has 0 heterocycles. The average Bonchev–Trinajstić information content (AvgIpc) is 2.28. The molecule has 3 atom stereocenters. The van der Waals surface area contributed by atoms with Gasteiger partial charge in [-0.2, -0.15) is 0 Å². The Balaban J connectivity index is 2.10. The van der Waals surface area contributed by atoms with Crippen molar-refractivity contribution < 1.29 is 14.1 Å². The summed E-state index contributed by atoms with van der Waals surface area (Å²) in [5, 5.41) is 8.90. The van der Waals surface area contributed by atoms with Gasteiger partial charge in [-0.3, -0.25) is 9.00 Å². The van der Waals surface area contributed by atoms with Crippen molar-refractivity contribution in [3.63, 3.8) is 0 Å². The molecule has 0 saturated heterocycles. The van der Waals surface area contributed by atoms with E-state index < -0.39 is 16.8 Å². The van der Waals surface area contributed by atoms with Crippen LogP contribution < -0.4 is 0 Å². The maximum atomic E-state index is 12.0. The number of hydrogen-bond acceptors (Lipinski definition) is 2. The molecule has 0 bridgehead atoms. The van der Waals surface area contributed by atoms with Gasteiger partial charge in [0, 0.05) is 28.2 Å². The predicted molar refractivity (Wildman–Crippen MR) is 70.5 cm³/mol. The fraction of sp³-hybridized carbons (Fsp3) is 0.923. The number of carboxylic acids is 1. The Morgan fingerprint density at radius 2 is 2.06 bits per heavy atom. The van der Waals surface area contributed by atoms with E-state index in [1.807, 2.05) is 0 Å². The Bertz CT molecular complexity index is 265.